The van der Waals surface area contributed by atoms with Gasteiger partial charge >= 0.3 is 11.9 Å². The summed E-state index contributed by atoms with van der Waals surface area (Å²) >= 11 is 6.02. The van der Waals surface area contributed by atoms with Crippen molar-refractivity contribution in [1.82, 2.24) is 10.2 Å². The van der Waals surface area contributed by atoms with Gasteiger partial charge in [-0.1, -0.05) is 41.9 Å². The van der Waals surface area contributed by atoms with E-state index in [1.165, 1.54) is 0 Å². The number of aliphatic imine (C=N–C) groups is 1. The Morgan fingerprint density at radius 2 is 1.92 bits per heavy atom. The molecule has 0 unspecified atom stereocenters. The number of carboxylic acids is 1. The van der Waals surface area contributed by atoms with Crippen molar-refractivity contribution in [3.63, 3.8) is 0 Å². The quantitative estimate of drug-likeness (QED) is 0.274. The van der Waals surface area contributed by atoms with E-state index in [0.29, 0.717) is 12.0 Å². The number of carboxylic acid groups (broad SMARTS) is 1. The fourth-order valence-corrected chi connectivity index (χ4v) is 4.67. The van der Waals surface area contributed by atoms with Crippen LogP contribution in [0.25, 0.3) is 0 Å². The summed E-state index contributed by atoms with van der Waals surface area (Å²) in [5.41, 5.74) is -0.914. The summed E-state index contributed by atoms with van der Waals surface area (Å²) in [6, 6.07) is 5.10. The molecule has 192 valence electrons. The van der Waals surface area contributed by atoms with Crippen LogP contribution in [0.5, 0.6) is 0 Å². The van der Waals surface area contributed by atoms with Crippen molar-refractivity contribution in [2.45, 2.75) is 37.9 Å². The van der Waals surface area contributed by atoms with E-state index >= 15 is 0 Å². The molecule has 3 atom stereocenters. The Kier molecular flexibility index (Phi) is 7.25. The third-order valence-corrected chi connectivity index (χ3v) is 6.47. The molecular formula is C25H22ClN3O8. The van der Waals surface area contributed by atoms with E-state index in [2.05, 4.69) is 10.3 Å². The molecule has 1 aromatic carbocycles. The lowest BCUT2D eigenvalue weighted by Gasteiger charge is -2.49. The van der Waals surface area contributed by atoms with Gasteiger partial charge in [-0.15, -0.1) is 0 Å². The Labute approximate surface area is 215 Å². The summed E-state index contributed by atoms with van der Waals surface area (Å²) in [6.07, 6.45) is 2.61. The molecule has 0 radical (unpaired) electrons. The number of hydrogen-bond donors (Lipinski definition) is 3. The summed E-state index contributed by atoms with van der Waals surface area (Å²) in [4.78, 5) is 68.3. The molecule has 2 aliphatic heterocycles. The number of benzene rings is 1. The van der Waals surface area contributed by atoms with Crippen molar-refractivity contribution in [2.75, 3.05) is 6.61 Å². The van der Waals surface area contributed by atoms with Crippen LogP contribution >= 0.6 is 11.6 Å². The second-order valence-electron chi connectivity index (χ2n) is 8.33. The first-order valence-electron chi connectivity index (χ1n) is 11.4. The maximum absolute atomic E-state index is 13.4. The van der Waals surface area contributed by atoms with Gasteiger partial charge in [0.1, 0.15) is 28.8 Å². The number of esters is 1. The van der Waals surface area contributed by atoms with Gasteiger partial charge in [0.15, 0.2) is 6.04 Å². The molecule has 2 heterocycles. The normalized spacial score (nSPS) is 23.0. The highest BCUT2D eigenvalue weighted by atomic mass is 35.5. The van der Waals surface area contributed by atoms with Crippen molar-refractivity contribution < 1.29 is 38.9 Å². The maximum atomic E-state index is 13.4. The molecule has 0 bridgehead atoms. The number of β-lactam (4-membered cyclic amide) rings is 1. The number of aliphatic hydroxyl groups excluding tert-OH is 1. The number of aliphatic hydroxyl groups is 1. The Balaban J connectivity index is 1.67. The van der Waals surface area contributed by atoms with Crippen molar-refractivity contribution >= 4 is 46.8 Å². The summed E-state index contributed by atoms with van der Waals surface area (Å²) in [5.74, 6) is -5.00. The molecule has 1 aliphatic carbocycles. The molecule has 1 saturated heterocycles. The van der Waals surface area contributed by atoms with E-state index in [-0.39, 0.29) is 23.8 Å². The van der Waals surface area contributed by atoms with Crippen molar-refractivity contribution in [1.29, 1.82) is 0 Å². The molecule has 0 spiro atoms. The molecule has 4 rings (SSSR count). The smallest absolute Gasteiger partial charge is 0.353 e. The van der Waals surface area contributed by atoms with Crippen molar-refractivity contribution in [2.24, 2.45) is 4.99 Å². The Bertz CT molecular complexity index is 1310. The van der Waals surface area contributed by atoms with Gasteiger partial charge in [0.25, 0.3) is 5.91 Å². The average Bonchev–Trinajstić information content (AvgIpc) is 2.87. The highest BCUT2D eigenvalue weighted by Gasteiger charge is 2.53. The number of nitrogens with zero attached hydrogens (tertiary/aromatic N) is 2. The van der Waals surface area contributed by atoms with Gasteiger partial charge < -0.3 is 20.3 Å². The monoisotopic (exact) mass is 527 g/mol. The van der Waals surface area contributed by atoms with E-state index in [1.807, 2.05) is 0 Å². The number of nitrogens with one attached hydrogen (secondary N) is 1. The largest absolute Gasteiger partial charge is 0.507 e. The minimum Gasteiger partial charge on any atom is -0.507 e. The zero-order valence-electron chi connectivity index (χ0n) is 19.5. The van der Waals surface area contributed by atoms with Gasteiger partial charge in [-0.05, 0) is 37.5 Å². The minimum atomic E-state index is -1.38. The van der Waals surface area contributed by atoms with Gasteiger partial charge in [-0.3, -0.25) is 24.3 Å². The fourth-order valence-electron chi connectivity index (χ4n) is 4.39. The first-order chi connectivity index (χ1) is 17.6. The molecule has 1 aromatic rings. The Morgan fingerprint density at radius 3 is 2.57 bits per heavy atom. The Hall–Kier alpha value is -4.25. The van der Waals surface area contributed by atoms with Crippen LogP contribution in [-0.2, 0) is 28.7 Å². The zero-order chi connectivity index (χ0) is 26.9. The van der Waals surface area contributed by atoms with Gasteiger partial charge in [0.2, 0.25) is 11.7 Å². The number of carbonyl (C=O) groups is 5. The molecule has 12 heteroatoms. The van der Waals surface area contributed by atoms with Crippen LogP contribution in [-0.4, -0.2) is 69.1 Å². The molecular weight excluding hydrogens is 506 g/mol. The third kappa shape index (κ3) is 4.77. The van der Waals surface area contributed by atoms with Gasteiger partial charge in [0, 0.05) is 5.03 Å². The summed E-state index contributed by atoms with van der Waals surface area (Å²) < 4.78 is 4.94. The van der Waals surface area contributed by atoms with E-state index in [0.717, 1.165) is 17.1 Å². The number of halogens is 1. The third-order valence-electron chi connectivity index (χ3n) is 6.10. The maximum Gasteiger partial charge on any atom is 0.353 e. The first kappa shape index (κ1) is 25.8. The summed E-state index contributed by atoms with van der Waals surface area (Å²) in [5, 5.41) is 22.4. The van der Waals surface area contributed by atoms with Crippen LogP contribution in [0, 0.1) is 0 Å². The van der Waals surface area contributed by atoms with Gasteiger partial charge in [0.05, 0.1) is 12.6 Å². The summed E-state index contributed by atoms with van der Waals surface area (Å²) in [6.45, 7) is 1.53. The number of carbonyl (C=O) groups excluding carboxylic acids is 4. The van der Waals surface area contributed by atoms with Crippen LogP contribution in [0.1, 0.15) is 31.4 Å². The SMILES string of the molecule is CCOC(=O)C1=C(O)C=CC(=O)C1=N[C@@H](C(=O)N[C@@H]1C(=O)N2C(C(=O)O)=C(Cl)CC[C@H]12)c1ccccc1. The fraction of sp³-hybridized carbons (Fsp3) is 0.280. The topological polar surface area (TPSA) is 163 Å². The number of rotatable bonds is 7. The lowest BCUT2D eigenvalue weighted by atomic mass is 9.86. The second-order valence-corrected chi connectivity index (χ2v) is 8.78. The molecule has 3 N–H and O–H groups in total. The van der Waals surface area contributed by atoms with Crippen LogP contribution in [0.3, 0.4) is 0 Å². The average molecular weight is 528 g/mol. The number of aliphatic carboxylic acids is 1. The highest BCUT2D eigenvalue weighted by molar-refractivity contribution is 6.55. The standard InChI is InChI=1S/C25H22ClN3O8/c1-2-37-25(36)17-15(30)10-11-16(31)20(17)27-18(12-6-4-3-5-7-12)22(32)28-19-14-9-8-13(26)21(24(34)35)29(14)23(19)33/h3-7,10-11,14,18-19,30H,2,8-9H2,1H3,(H,28,32)(H,34,35)/t14-,18-,19+/m1/s1. The molecule has 37 heavy (non-hydrogen) atoms. The number of hydrogen-bond acceptors (Lipinski definition) is 8. The highest BCUT2D eigenvalue weighted by Crippen LogP contribution is 2.38. The van der Waals surface area contributed by atoms with E-state index in [1.54, 1.807) is 37.3 Å². The number of ketones is 1. The molecule has 2 amide bonds. The van der Waals surface area contributed by atoms with E-state index in [4.69, 9.17) is 16.3 Å². The second kappa shape index (κ2) is 10.4. The van der Waals surface area contributed by atoms with E-state index in [9.17, 15) is 34.2 Å². The summed E-state index contributed by atoms with van der Waals surface area (Å²) in [7, 11) is 0. The van der Waals surface area contributed by atoms with Crippen molar-refractivity contribution in [3.8, 4) is 0 Å². The number of amides is 2. The van der Waals surface area contributed by atoms with Crippen molar-refractivity contribution in [3.05, 3.63) is 70.1 Å². The molecule has 3 aliphatic rings. The lowest BCUT2D eigenvalue weighted by Crippen LogP contribution is -2.71. The van der Waals surface area contributed by atoms with Gasteiger partial charge in [-0.25, -0.2) is 9.59 Å². The molecule has 11 nitrogen and oxygen atoms in total. The zero-order valence-corrected chi connectivity index (χ0v) is 20.3. The van der Waals surface area contributed by atoms with Crippen LogP contribution < -0.4 is 5.32 Å². The lowest BCUT2D eigenvalue weighted by molar-refractivity contribution is -0.156. The van der Waals surface area contributed by atoms with Crippen LogP contribution in [0.4, 0.5) is 0 Å². The Morgan fingerprint density at radius 1 is 1.22 bits per heavy atom. The number of allylic oxidation sites excluding steroid dienone is 3. The predicted octanol–water partition coefficient (Wildman–Crippen LogP) is 1.71. The first-order valence-corrected chi connectivity index (χ1v) is 11.7. The van der Waals surface area contributed by atoms with Crippen LogP contribution in [0.2, 0.25) is 0 Å². The molecule has 0 saturated carbocycles. The minimum absolute atomic E-state index is 0.0259. The predicted molar refractivity (Wildman–Crippen MR) is 129 cm³/mol. The van der Waals surface area contributed by atoms with E-state index < -0.39 is 64.7 Å². The number of fused-ring (bicyclic) bond motifs is 1. The van der Waals surface area contributed by atoms with Gasteiger partial charge in [-0.2, -0.15) is 0 Å². The number of ether oxygens (including phenoxy) is 1. The molecule has 1 fully saturated rings. The van der Waals surface area contributed by atoms with Crippen LogP contribution in [0.15, 0.2) is 69.5 Å². The molecule has 0 aromatic heterocycles.